The molecule has 2 rings (SSSR count). The minimum Gasteiger partial charge on any atom is -0.481 e. The predicted octanol–water partition coefficient (Wildman–Crippen LogP) is 2.01. The highest BCUT2D eigenvalue weighted by Gasteiger charge is 2.45. The fourth-order valence-corrected chi connectivity index (χ4v) is 3.72. The Hall–Kier alpha value is -0.570. The molecule has 3 N–H and O–H groups in total. The molecule has 2 aliphatic rings. The summed E-state index contributed by atoms with van der Waals surface area (Å²) in [5, 5.41) is 8.95. The summed E-state index contributed by atoms with van der Waals surface area (Å²) in [5.74, 6) is 0.849. The Morgan fingerprint density at radius 3 is 2.20 bits per heavy atom. The zero-order valence-corrected chi connectivity index (χ0v) is 9.24. The molecule has 2 saturated carbocycles. The number of nitrogens with two attached hydrogens (primary N) is 1. The van der Waals surface area contributed by atoms with Gasteiger partial charge in [-0.25, -0.2) is 0 Å². The van der Waals surface area contributed by atoms with Crippen LogP contribution in [0.2, 0.25) is 0 Å². The van der Waals surface area contributed by atoms with Crippen molar-refractivity contribution in [2.75, 3.05) is 6.54 Å². The number of rotatable bonds is 3. The van der Waals surface area contributed by atoms with Crippen molar-refractivity contribution in [3.63, 3.8) is 0 Å². The molecule has 0 heterocycles. The third-order valence-corrected chi connectivity index (χ3v) is 4.42. The lowest BCUT2D eigenvalue weighted by Gasteiger charge is -2.25. The van der Waals surface area contributed by atoms with E-state index in [2.05, 4.69) is 0 Å². The van der Waals surface area contributed by atoms with Crippen molar-refractivity contribution in [3.05, 3.63) is 0 Å². The lowest BCUT2D eigenvalue weighted by molar-refractivity contribution is -0.139. The zero-order valence-electron chi connectivity index (χ0n) is 9.24. The molecule has 0 aliphatic heterocycles. The molecule has 0 aromatic heterocycles. The number of carboxylic acid groups (broad SMARTS) is 1. The molecule has 3 nitrogen and oxygen atoms in total. The monoisotopic (exact) mass is 211 g/mol. The number of hydrogen-bond acceptors (Lipinski definition) is 2. The van der Waals surface area contributed by atoms with Gasteiger partial charge in [0.1, 0.15) is 0 Å². The molecule has 86 valence electrons. The van der Waals surface area contributed by atoms with Gasteiger partial charge in [-0.3, -0.25) is 4.79 Å². The van der Waals surface area contributed by atoms with E-state index in [4.69, 9.17) is 10.8 Å². The van der Waals surface area contributed by atoms with E-state index in [1.54, 1.807) is 0 Å². The molecule has 2 aliphatic carbocycles. The first kappa shape index (κ1) is 10.9. The van der Waals surface area contributed by atoms with Crippen LogP contribution in [-0.4, -0.2) is 17.6 Å². The highest BCUT2D eigenvalue weighted by molar-refractivity contribution is 5.67. The fraction of sp³-hybridized carbons (Fsp3) is 0.917. The number of aliphatic carboxylic acids is 1. The second-order valence-corrected chi connectivity index (χ2v) is 5.49. The van der Waals surface area contributed by atoms with E-state index in [0.29, 0.717) is 6.54 Å². The molecule has 2 fully saturated rings. The Kier molecular flexibility index (Phi) is 3.01. The van der Waals surface area contributed by atoms with Gasteiger partial charge < -0.3 is 10.8 Å². The first-order chi connectivity index (χ1) is 7.15. The molecule has 2 atom stereocenters. The van der Waals surface area contributed by atoms with E-state index in [0.717, 1.165) is 24.7 Å². The standard InChI is InChI=1S/C12H21NO2/c13-8-12(7-11(14)15)5-9-3-1-2-4-10(9)6-12/h9-10H,1-8,13H2,(H,14,15)/t9-,10-/m1/s1. The molecular weight excluding hydrogens is 190 g/mol. The number of carboxylic acids is 1. The summed E-state index contributed by atoms with van der Waals surface area (Å²) in [4.78, 5) is 10.9. The first-order valence-corrected chi connectivity index (χ1v) is 6.07. The molecule has 0 saturated heterocycles. The average Bonchev–Trinajstić information content (AvgIpc) is 2.55. The van der Waals surface area contributed by atoms with E-state index >= 15 is 0 Å². The number of carbonyl (C=O) groups is 1. The van der Waals surface area contributed by atoms with Gasteiger partial charge in [0.05, 0.1) is 6.42 Å². The van der Waals surface area contributed by atoms with Gasteiger partial charge in [0.2, 0.25) is 0 Å². The third-order valence-electron chi connectivity index (χ3n) is 4.42. The van der Waals surface area contributed by atoms with E-state index in [9.17, 15) is 4.79 Å². The molecule has 0 radical (unpaired) electrons. The van der Waals surface area contributed by atoms with Crippen molar-refractivity contribution in [2.45, 2.75) is 44.9 Å². The molecule has 0 aromatic rings. The maximum atomic E-state index is 10.9. The number of hydrogen-bond donors (Lipinski definition) is 2. The maximum absolute atomic E-state index is 10.9. The average molecular weight is 211 g/mol. The molecular formula is C12H21NO2. The third kappa shape index (κ3) is 2.17. The van der Waals surface area contributed by atoms with Crippen molar-refractivity contribution in [1.29, 1.82) is 0 Å². The smallest absolute Gasteiger partial charge is 0.303 e. The zero-order chi connectivity index (χ0) is 10.9. The summed E-state index contributed by atoms with van der Waals surface area (Å²) >= 11 is 0. The minimum atomic E-state index is -0.681. The largest absolute Gasteiger partial charge is 0.481 e. The summed E-state index contributed by atoms with van der Waals surface area (Å²) in [6.07, 6.45) is 7.64. The van der Waals surface area contributed by atoms with Crippen molar-refractivity contribution in [3.8, 4) is 0 Å². The van der Waals surface area contributed by atoms with E-state index in [1.807, 2.05) is 0 Å². The summed E-state index contributed by atoms with van der Waals surface area (Å²) in [6, 6.07) is 0. The van der Waals surface area contributed by atoms with Crippen molar-refractivity contribution >= 4 is 5.97 Å². The fourth-order valence-electron chi connectivity index (χ4n) is 3.72. The van der Waals surface area contributed by atoms with Crippen LogP contribution in [0.15, 0.2) is 0 Å². The van der Waals surface area contributed by atoms with Crippen LogP contribution in [0.4, 0.5) is 0 Å². The van der Waals surface area contributed by atoms with Crippen LogP contribution in [0.25, 0.3) is 0 Å². The second-order valence-electron chi connectivity index (χ2n) is 5.49. The molecule has 0 amide bonds. The molecule has 0 spiro atoms. The van der Waals surface area contributed by atoms with Crippen LogP contribution in [0.3, 0.4) is 0 Å². The second kappa shape index (κ2) is 4.12. The predicted molar refractivity (Wildman–Crippen MR) is 58.4 cm³/mol. The highest BCUT2D eigenvalue weighted by Crippen LogP contribution is 2.52. The molecule has 0 aromatic carbocycles. The Balaban J connectivity index is 2.05. The Morgan fingerprint density at radius 1 is 1.27 bits per heavy atom. The van der Waals surface area contributed by atoms with Gasteiger partial charge in [-0.05, 0) is 36.6 Å². The Morgan fingerprint density at radius 2 is 1.80 bits per heavy atom. The summed E-state index contributed by atoms with van der Waals surface area (Å²) in [7, 11) is 0. The first-order valence-electron chi connectivity index (χ1n) is 6.07. The van der Waals surface area contributed by atoms with Gasteiger partial charge in [-0.15, -0.1) is 0 Å². The molecule has 0 unspecified atom stereocenters. The topological polar surface area (TPSA) is 63.3 Å². The van der Waals surface area contributed by atoms with Gasteiger partial charge >= 0.3 is 5.97 Å². The van der Waals surface area contributed by atoms with E-state index in [-0.39, 0.29) is 11.8 Å². The lowest BCUT2D eigenvalue weighted by atomic mass is 9.81. The SMILES string of the molecule is NCC1(CC(=O)O)C[C@H]2CCCC[C@@H]2C1. The quantitative estimate of drug-likeness (QED) is 0.750. The van der Waals surface area contributed by atoms with Crippen molar-refractivity contribution in [1.82, 2.24) is 0 Å². The van der Waals surface area contributed by atoms with Crippen LogP contribution in [0, 0.1) is 17.3 Å². The van der Waals surface area contributed by atoms with Crippen LogP contribution >= 0.6 is 0 Å². The van der Waals surface area contributed by atoms with Gasteiger partial charge in [-0.1, -0.05) is 25.7 Å². The van der Waals surface area contributed by atoms with E-state index in [1.165, 1.54) is 25.7 Å². The van der Waals surface area contributed by atoms with Gasteiger partial charge in [0, 0.05) is 0 Å². The van der Waals surface area contributed by atoms with Crippen molar-refractivity contribution < 1.29 is 9.90 Å². The van der Waals surface area contributed by atoms with Crippen LogP contribution in [-0.2, 0) is 4.79 Å². The Labute approximate surface area is 91.0 Å². The van der Waals surface area contributed by atoms with Crippen LogP contribution in [0.1, 0.15) is 44.9 Å². The van der Waals surface area contributed by atoms with Gasteiger partial charge in [0.15, 0.2) is 0 Å². The highest BCUT2D eigenvalue weighted by atomic mass is 16.4. The minimum absolute atomic E-state index is 0.0779. The Bertz CT molecular complexity index is 238. The molecule has 0 bridgehead atoms. The van der Waals surface area contributed by atoms with Crippen molar-refractivity contribution in [2.24, 2.45) is 23.0 Å². The van der Waals surface area contributed by atoms with Gasteiger partial charge in [0.25, 0.3) is 0 Å². The van der Waals surface area contributed by atoms with Gasteiger partial charge in [-0.2, -0.15) is 0 Å². The number of fused-ring (bicyclic) bond motifs is 1. The molecule has 3 heteroatoms. The lowest BCUT2D eigenvalue weighted by Crippen LogP contribution is -2.30. The normalized spacial score (nSPS) is 33.7. The molecule has 15 heavy (non-hydrogen) atoms. The summed E-state index contributed by atoms with van der Waals surface area (Å²) < 4.78 is 0. The van der Waals surface area contributed by atoms with Crippen LogP contribution < -0.4 is 5.73 Å². The summed E-state index contributed by atoms with van der Waals surface area (Å²) in [5.41, 5.74) is 5.73. The van der Waals surface area contributed by atoms with Crippen LogP contribution in [0.5, 0.6) is 0 Å². The maximum Gasteiger partial charge on any atom is 0.303 e. The van der Waals surface area contributed by atoms with E-state index < -0.39 is 5.97 Å². The summed E-state index contributed by atoms with van der Waals surface area (Å²) in [6.45, 7) is 0.548.